The van der Waals surface area contributed by atoms with Crippen LogP contribution in [0.3, 0.4) is 0 Å². The zero-order valence-corrected chi connectivity index (χ0v) is 20.5. The molecule has 1 aromatic heterocycles. The van der Waals surface area contributed by atoms with Crippen LogP contribution in [-0.4, -0.2) is 56.8 Å². The summed E-state index contributed by atoms with van der Waals surface area (Å²) in [6, 6.07) is 18.2. The lowest BCUT2D eigenvalue weighted by atomic mass is 9.91. The molecule has 33 heavy (non-hydrogen) atoms. The van der Waals surface area contributed by atoms with Gasteiger partial charge < -0.3 is 20.4 Å². The standard InChI is InChI=1S/C27H38N6/c1-32(2)23-17-11-20(12-18-23)8-7-19-28-21-13-15-22(16-14-21)29-27-30-25-10-6-5-9-24(25)26(31-27)33(3)4/h5-6,9-12,17-18,21-22,28H,7-8,13-16,19H2,1-4H3,(H,29,30,31). The maximum Gasteiger partial charge on any atom is 0.225 e. The lowest BCUT2D eigenvalue weighted by Gasteiger charge is -2.30. The third-order valence-corrected chi connectivity index (χ3v) is 6.60. The molecular weight excluding hydrogens is 408 g/mol. The third-order valence-electron chi connectivity index (χ3n) is 6.60. The van der Waals surface area contributed by atoms with Crippen LogP contribution in [-0.2, 0) is 6.42 Å². The summed E-state index contributed by atoms with van der Waals surface area (Å²) in [5, 5.41) is 8.48. The highest BCUT2D eigenvalue weighted by Crippen LogP contribution is 2.26. The highest BCUT2D eigenvalue weighted by molar-refractivity contribution is 5.90. The molecule has 0 bridgehead atoms. The number of para-hydroxylation sites is 1. The van der Waals surface area contributed by atoms with E-state index in [4.69, 9.17) is 9.97 Å². The molecule has 4 rings (SSSR count). The van der Waals surface area contributed by atoms with Gasteiger partial charge in [-0.2, -0.15) is 4.98 Å². The summed E-state index contributed by atoms with van der Waals surface area (Å²) in [5.41, 5.74) is 3.67. The topological polar surface area (TPSA) is 56.3 Å². The molecule has 0 amide bonds. The monoisotopic (exact) mass is 446 g/mol. The van der Waals surface area contributed by atoms with Crippen molar-refractivity contribution in [1.29, 1.82) is 0 Å². The number of nitrogens with one attached hydrogen (secondary N) is 2. The second-order valence-corrected chi connectivity index (χ2v) is 9.59. The number of hydrogen-bond donors (Lipinski definition) is 2. The Hall–Kier alpha value is -2.86. The summed E-state index contributed by atoms with van der Waals surface area (Å²) in [5.74, 6) is 1.71. The Morgan fingerprint density at radius 3 is 2.21 bits per heavy atom. The predicted octanol–water partition coefficient (Wildman–Crippen LogP) is 4.71. The fourth-order valence-electron chi connectivity index (χ4n) is 4.65. The van der Waals surface area contributed by atoms with Crippen LogP contribution in [0, 0.1) is 0 Å². The zero-order valence-electron chi connectivity index (χ0n) is 20.5. The minimum Gasteiger partial charge on any atom is -0.378 e. The van der Waals surface area contributed by atoms with E-state index in [1.165, 1.54) is 30.5 Å². The van der Waals surface area contributed by atoms with Crippen LogP contribution in [0.1, 0.15) is 37.7 Å². The Kier molecular flexibility index (Phi) is 7.65. The first kappa shape index (κ1) is 23.3. The highest BCUT2D eigenvalue weighted by atomic mass is 15.2. The van der Waals surface area contributed by atoms with Crippen molar-refractivity contribution in [1.82, 2.24) is 15.3 Å². The molecular formula is C27H38N6. The van der Waals surface area contributed by atoms with E-state index in [0.29, 0.717) is 12.1 Å². The van der Waals surface area contributed by atoms with Crippen LogP contribution in [0.4, 0.5) is 17.5 Å². The van der Waals surface area contributed by atoms with Crippen molar-refractivity contribution < 1.29 is 0 Å². The van der Waals surface area contributed by atoms with Crippen LogP contribution >= 0.6 is 0 Å². The molecule has 176 valence electrons. The van der Waals surface area contributed by atoms with Crippen LogP contribution in [0.2, 0.25) is 0 Å². The van der Waals surface area contributed by atoms with E-state index in [1.807, 2.05) is 26.2 Å². The Labute approximate surface area is 198 Å². The second kappa shape index (κ2) is 10.8. The van der Waals surface area contributed by atoms with E-state index in [9.17, 15) is 0 Å². The molecule has 1 heterocycles. The van der Waals surface area contributed by atoms with E-state index in [2.05, 4.69) is 70.9 Å². The van der Waals surface area contributed by atoms with Gasteiger partial charge in [0.05, 0.1) is 5.52 Å². The molecule has 2 N–H and O–H groups in total. The van der Waals surface area contributed by atoms with Gasteiger partial charge in [-0.3, -0.25) is 0 Å². The van der Waals surface area contributed by atoms with E-state index in [-0.39, 0.29) is 0 Å². The van der Waals surface area contributed by atoms with Crippen molar-refractivity contribution in [3.05, 3.63) is 54.1 Å². The van der Waals surface area contributed by atoms with Gasteiger partial charge in [-0.1, -0.05) is 24.3 Å². The lowest BCUT2D eigenvalue weighted by molar-refractivity contribution is 0.352. The first-order chi connectivity index (χ1) is 16.0. The molecule has 1 aliphatic carbocycles. The minimum atomic E-state index is 0.439. The average molecular weight is 447 g/mol. The van der Waals surface area contributed by atoms with Crippen molar-refractivity contribution >= 4 is 28.4 Å². The van der Waals surface area contributed by atoms with Gasteiger partial charge in [0.2, 0.25) is 5.95 Å². The smallest absolute Gasteiger partial charge is 0.225 e. The van der Waals surface area contributed by atoms with Crippen molar-refractivity contribution in [2.24, 2.45) is 0 Å². The first-order valence-electron chi connectivity index (χ1n) is 12.2. The van der Waals surface area contributed by atoms with Gasteiger partial charge in [0, 0.05) is 51.3 Å². The van der Waals surface area contributed by atoms with Crippen LogP contribution < -0.4 is 20.4 Å². The van der Waals surface area contributed by atoms with Crippen LogP contribution in [0.5, 0.6) is 0 Å². The molecule has 0 unspecified atom stereocenters. The number of anilines is 3. The van der Waals surface area contributed by atoms with E-state index in [0.717, 1.165) is 48.5 Å². The Morgan fingerprint density at radius 2 is 1.52 bits per heavy atom. The molecule has 1 saturated carbocycles. The van der Waals surface area contributed by atoms with Crippen LogP contribution in [0.25, 0.3) is 10.9 Å². The van der Waals surface area contributed by atoms with Gasteiger partial charge in [0.25, 0.3) is 0 Å². The van der Waals surface area contributed by atoms with Crippen molar-refractivity contribution in [3.8, 4) is 0 Å². The summed E-state index contributed by atoms with van der Waals surface area (Å²) < 4.78 is 0. The van der Waals surface area contributed by atoms with E-state index >= 15 is 0 Å². The molecule has 6 nitrogen and oxygen atoms in total. The number of hydrogen-bond acceptors (Lipinski definition) is 6. The average Bonchev–Trinajstić information content (AvgIpc) is 2.82. The summed E-state index contributed by atoms with van der Waals surface area (Å²) in [7, 11) is 8.24. The number of fused-ring (bicyclic) bond motifs is 1. The quantitative estimate of drug-likeness (QED) is 0.465. The van der Waals surface area contributed by atoms with Gasteiger partial charge in [-0.05, 0) is 74.9 Å². The maximum absolute atomic E-state index is 4.80. The molecule has 2 aromatic carbocycles. The summed E-state index contributed by atoms with van der Waals surface area (Å²) in [6.07, 6.45) is 7.00. The fraction of sp³-hybridized carbons (Fsp3) is 0.481. The summed E-state index contributed by atoms with van der Waals surface area (Å²) >= 11 is 0. The normalized spacial score (nSPS) is 18.3. The number of rotatable bonds is 9. The third kappa shape index (κ3) is 6.14. The Bertz CT molecular complexity index is 1020. The summed E-state index contributed by atoms with van der Waals surface area (Å²) in [6.45, 7) is 1.08. The Morgan fingerprint density at radius 1 is 0.818 bits per heavy atom. The zero-order chi connectivity index (χ0) is 23.2. The van der Waals surface area contributed by atoms with Crippen molar-refractivity contribution in [2.45, 2.75) is 50.6 Å². The molecule has 6 heteroatoms. The van der Waals surface area contributed by atoms with E-state index < -0.39 is 0 Å². The maximum atomic E-state index is 4.80. The molecule has 1 fully saturated rings. The van der Waals surface area contributed by atoms with Gasteiger partial charge in [0.1, 0.15) is 5.82 Å². The molecule has 3 aromatic rings. The lowest BCUT2D eigenvalue weighted by Crippen LogP contribution is -2.37. The number of benzene rings is 2. The molecule has 0 spiro atoms. The molecule has 0 aliphatic heterocycles. The molecule has 1 aliphatic rings. The number of nitrogens with zero attached hydrogens (tertiary/aromatic N) is 4. The summed E-state index contributed by atoms with van der Waals surface area (Å²) in [4.78, 5) is 13.8. The molecule has 0 saturated heterocycles. The molecule has 0 radical (unpaired) electrons. The number of aryl methyl sites for hydroxylation is 1. The minimum absolute atomic E-state index is 0.439. The first-order valence-corrected chi connectivity index (χ1v) is 12.2. The number of aromatic nitrogens is 2. The predicted molar refractivity (Wildman–Crippen MR) is 141 cm³/mol. The van der Waals surface area contributed by atoms with Crippen molar-refractivity contribution in [3.63, 3.8) is 0 Å². The highest BCUT2D eigenvalue weighted by Gasteiger charge is 2.22. The molecule has 0 atom stereocenters. The largest absolute Gasteiger partial charge is 0.378 e. The Balaban J connectivity index is 1.22. The van der Waals surface area contributed by atoms with Gasteiger partial charge >= 0.3 is 0 Å². The SMILES string of the molecule is CN(C)c1ccc(CCCNC2CCC(Nc3nc(N(C)C)c4ccccc4n3)CC2)cc1. The second-order valence-electron chi connectivity index (χ2n) is 9.59. The van der Waals surface area contributed by atoms with Gasteiger partial charge in [-0.25, -0.2) is 4.98 Å². The van der Waals surface area contributed by atoms with Gasteiger partial charge in [-0.15, -0.1) is 0 Å². The van der Waals surface area contributed by atoms with Gasteiger partial charge in [0.15, 0.2) is 0 Å². The fourth-order valence-corrected chi connectivity index (χ4v) is 4.65. The van der Waals surface area contributed by atoms with Crippen LogP contribution in [0.15, 0.2) is 48.5 Å². The van der Waals surface area contributed by atoms with Crippen molar-refractivity contribution in [2.75, 3.05) is 49.9 Å². The van der Waals surface area contributed by atoms with E-state index in [1.54, 1.807) is 0 Å².